The van der Waals surface area contributed by atoms with Gasteiger partial charge in [0.1, 0.15) is 5.82 Å². The second-order valence-electron chi connectivity index (χ2n) is 4.48. The Balaban J connectivity index is 2.52. The highest BCUT2D eigenvalue weighted by atomic mass is 79.9. The van der Waals surface area contributed by atoms with Crippen LogP contribution in [0.3, 0.4) is 0 Å². The van der Waals surface area contributed by atoms with Crippen LogP contribution in [0.25, 0.3) is 0 Å². The average molecular weight is 286 g/mol. The standard InChI is InChI=1S/C12H20BrN3/c1-9-7-11(13)12(14-8-9)15-10(2)5-6-16(3)4/h7-8,10H,5-6H2,1-4H3,(H,14,15). The van der Waals surface area contributed by atoms with E-state index in [9.17, 15) is 0 Å². The highest BCUT2D eigenvalue weighted by Gasteiger charge is 2.06. The maximum Gasteiger partial charge on any atom is 0.140 e. The molecule has 0 fully saturated rings. The van der Waals surface area contributed by atoms with Crippen LogP contribution in [0.15, 0.2) is 16.7 Å². The van der Waals surface area contributed by atoms with Crippen molar-refractivity contribution in [3.8, 4) is 0 Å². The molecule has 0 saturated carbocycles. The third-order valence-electron chi connectivity index (χ3n) is 2.37. The van der Waals surface area contributed by atoms with Gasteiger partial charge in [0.25, 0.3) is 0 Å². The quantitative estimate of drug-likeness (QED) is 0.902. The first-order chi connectivity index (χ1) is 7.49. The van der Waals surface area contributed by atoms with Crippen LogP contribution >= 0.6 is 15.9 Å². The van der Waals surface area contributed by atoms with Crippen LogP contribution in [0.4, 0.5) is 5.82 Å². The Bertz CT molecular complexity index is 339. The normalized spacial score (nSPS) is 12.9. The van der Waals surface area contributed by atoms with Crippen molar-refractivity contribution in [1.82, 2.24) is 9.88 Å². The molecule has 1 atom stereocenters. The van der Waals surface area contributed by atoms with Crippen molar-refractivity contribution >= 4 is 21.7 Å². The van der Waals surface area contributed by atoms with Gasteiger partial charge in [0.05, 0.1) is 4.47 Å². The maximum absolute atomic E-state index is 4.37. The van der Waals surface area contributed by atoms with E-state index in [1.807, 2.05) is 13.1 Å². The van der Waals surface area contributed by atoms with Gasteiger partial charge in [-0.1, -0.05) is 0 Å². The summed E-state index contributed by atoms with van der Waals surface area (Å²) in [5.41, 5.74) is 1.17. The molecular formula is C12H20BrN3. The number of aryl methyl sites for hydroxylation is 1. The molecule has 1 aromatic heterocycles. The van der Waals surface area contributed by atoms with Gasteiger partial charge in [-0.15, -0.1) is 0 Å². The molecule has 0 spiro atoms. The van der Waals surface area contributed by atoms with E-state index in [2.05, 4.69) is 58.2 Å². The third-order valence-corrected chi connectivity index (χ3v) is 2.97. The molecule has 90 valence electrons. The highest BCUT2D eigenvalue weighted by molar-refractivity contribution is 9.10. The van der Waals surface area contributed by atoms with Gasteiger partial charge >= 0.3 is 0 Å². The average Bonchev–Trinajstić information content (AvgIpc) is 2.19. The van der Waals surface area contributed by atoms with E-state index in [4.69, 9.17) is 0 Å². The Morgan fingerprint density at radius 3 is 2.75 bits per heavy atom. The van der Waals surface area contributed by atoms with Gasteiger partial charge in [-0.25, -0.2) is 4.98 Å². The molecule has 0 saturated heterocycles. The molecule has 0 aliphatic carbocycles. The van der Waals surface area contributed by atoms with Crippen LogP contribution in [0.1, 0.15) is 18.9 Å². The van der Waals surface area contributed by atoms with Gasteiger partial charge in [-0.3, -0.25) is 0 Å². The topological polar surface area (TPSA) is 28.2 Å². The van der Waals surface area contributed by atoms with Gasteiger partial charge in [-0.2, -0.15) is 0 Å². The molecule has 1 rings (SSSR count). The Labute approximate surface area is 106 Å². The Kier molecular flexibility index (Phi) is 5.22. The van der Waals surface area contributed by atoms with Crippen molar-refractivity contribution in [2.75, 3.05) is 26.0 Å². The van der Waals surface area contributed by atoms with Crippen LogP contribution in [-0.4, -0.2) is 36.6 Å². The third kappa shape index (κ3) is 4.49. The van der Waals surface area contributed by atoms with Crippen molar-refractivity contribution in [3.05, 3.63) is 22.3 Å². The number of pyridine rings is 1. The zero-order valence-electron chi connectivity index (χ0n) is 10.4. The van der Waals surface area contributed by atoms with Crippen molar-refractivity contribution in [1.29, 1.82) is 0 Å². The van der Waals surface area contributed by atoms with E-state index >= 15 is 0 Å². The van der Waals surface area contributed by atoms with Crippen LogP contribution in [0.2, 0.25) is 0 Å². The lowest BCUT2D eigenvalue weighted by molar-refractivity contribution is 0.390. The van der Waals surface area contributed by atoms with E-state index in [-0.39, 0.29) is 0 Å². The van der Waals surface area contributed by atoms with Crippen LogP contribution in [0, 0.1) is 6.92 Å². The van der Waals surface area contributed by atoms with Crippen molar-refractivity contribution in [3.63, 3.8) is 0 Å². The number of halogens is 1. The zero-order valence-corrected chi connectivity index (χ0v) is 12.0. The lowest BCUT2D eigenvalue weighted by Gasteiger charge is -2.18. The minimum absolute atomic E-state index is 0.425. The molecule has 1 heterocycles. The minimum Gasteiger partial charge on any atom is -0.367 e. The number of anilines is 1. The second-order valence-corrected chi connectivity index (χ2v) is 5.33. The number of aromatic nitrogens is 1. The predicted molar refractivity (Wildman–Crippen MR) is 72.9 cm³/mol. The van der Waals surface area contributed by atoms with Gasteiger partial charge in [0, 0.05) is 12.2 Å². The molecule has 1 aromatic rings. The minimum atomic E-state index is 0.425. The van der Waals surface area contributed by atoms with Gasteiger partial charge < -0.3 is 10.2 Å². The van der Waals surface area contributed by atoms with Crippen LogP contribution in [0.5, 0.6) is 0 Å². The lowest BCUT2D eigenvalue weighted by Crippen LogP contribution is -2.23. The van der Waals surface area contributed by atoms with Gasteiger partial charge in [-0.05, 0) is 68.5 Å². The molecule has 0 bridgehead atoms. The first-order valence-corrected chi connectivity index (χ1v) is 6.31. The van der Waals surface area contributed by atoms with Gasteiger partial charge in [0.2, 0.25) is 0 Å². The summed E-state index contributed by atoms with van der Waals surface area (Å²) < 4.78 is 1.03. The summed E-state index contributed by atoms with van der Waals surface area (Å²) >= 11 is 3.52. The summed E-state index contributed by atoms with van der Waals surface area (Å²) in [5.74, 6) is 0.928. The second kappa shape index (κ2) is 6.21. The highest BCUT2D eigenvalue weighted by Crippen LogP contribution is 2.21. The molecular weight excluding hydrogens is 266 g/mol. The zero-order chi connectivity index (χ0) is 12.1. The van der Waals surface area contributed by atoms with E-state index in [1.54, 1.807) is 0 Å². The van der Waals surface area contributed by atoms with Crippen molar-refractivity contribution in [2.45, 2.75) is 26.3 Å². The molecule has 3 nitrogen and oxygen atoms in total. The molecule has 0 radical (unpaired) electrons. The molecule has 1 N–H and O–H groups in total. The number of nitrogens with zero attached hydrogens (tertiary/aromatic N) is 2. The number of hydrogen-bond acceptors (Lipinski definition) is 3. The fourth-order valence-corrected chi connectivity index (χ4v) is 1.98. The molecule has 1 unspecified atom stereocenters. The van der Waals surface area contributed by atoms with Crippen LogP contribution in [-0.2, 0) is 0 Å². The lowest BCUT2D eigenvalue weighted by atomic mass is 10.2. The van der Waals surface area contributed by atoms with E-state index in [0.717, 1.165) is 23.3 Å². The largest absolute Gasteiger partial charge is 0.367 e. The van der Waals surface area contributed by atoms with E-state index < -0.39 is 0 Å². The SMILES string of the molecule is Cc1cnc(NC(C)CCN(C)C)c(Br)c1. The number of hydrogen-bond donors (Lipinski definition) is 1. The molecule has 16 heavy (non-hydrogen) atoms. The van der Waals surface area contributed by atoms with Crippen molar-refractivity contribution in [2.24, 2.45) is 0 Å². The van der Waals surface area contributed by atoms with Crippen molar-refractivity contribution < 1.29 is 0 Å². The van der Waals surface area contributed by atoms with Gasteiger partial charge in [0.15, 0.2) is 0 Å². The predicted octanol–water partition coefficient (Wildman–Crippen LogP) is 2.90. The maximum atomic E-state index is 4.37. The smallest absolute Gasteiger partial charge is 0.140 e. The Morgan fingerprint density at radius 1 is 1.50 bits per heavy atom. The summed E-state index contributed by atoms with van der Waals surface area (Å²) in [6, 6.07) is 2.50. The molecule has 0 aromatic carbocycles. The van der Waals surface area contributed by atoms with Crippen LogP contribution < -0.4 is 5.32 Å². The molecule has 0 aliphatic rings. The first kappa shape index (κ1) is 13.5. The summed E-state index contributed by atoms with van der Waals surface area (Å²) in [6.45, 7) is 5.30. The summed E-state index contributed by atoms with van der Waals surface area (Å²) in [5, 5.41) is 3.41. The Hall–Kier alpha value is -0.610. The molecule has 4 heteroatoms. The Morgan fingerprint density at radius 2 is 2.19 bits per heavy atom. The summed E-state index contributed by atoms with van der Waals surface area (Å²) in [4.78, 5) is 6.56. The monoisotopic (exact) mass is 285 g/mol. The van der Waals surface area contributed by atoms with E-state index in [1.165, 1.54) is 5.56 Å². The number of nitrogens with one attached hydrogen (secondary N) is 1. The number of rotatable bonds is 5. The molecule has 0 amide bonds. The summed E-state index contributed by atoms with van der Waals surface area (Å²) in [6.07, 6.45) is 2.99. The fourth-order valence-electron chi connectivity index (χ4n) is 1.40. The fraction of sp³-hybridized carbons (Fsp3) is 0.583. The molecule has 0 aliphatic heterocycles. The van der Waals surface area contributed by atoms with E-state index in [0.29, 0.717) is 6.04 Å². The summed E-state index contributed by atoms with van der Waals surface area (Å²) in [7, 11) is 4.18. The first-order valence-electron chi connectivity index (χ1n) is 5.52.